The van der Waals surface area contributed by atoms with E-state index in [1.54, 1.807) is 0 Å². The van der Waals surface area contributed by atoms with Gasteiger partial charge in [0, 0.05) is 12.7 Å². The van der Waals surface area contributed by atoms with Crippen LogP contribution >= 0.6 is 0 Å². The third-order valence-corrected chi connectivity index (χ3v) is 2.33. The molecule has 0 fully saturated rings. The van der Waals surface area contributed by atoms with Crippen molar-refractivity contribution in [3.63, 3.8) is 0 Å². The van der Waals surface area contributed by atoms with Crippen molar-refractivity contribution in [2.75, 3.05) is 6.61 Å². The minimum atomic E-state index is -0.559. The van der Waals surface area contributed by atoms with E-state index in [-0.39, 0.29) is 12.5 Å². The first-order chi connectivity index (χ1) is 6.67. The van der Waals surface area contributed by atoms with Gasteiger partial charge in [-0.2, -0.15) is 0 Å². The van der Waals surface area contributed by atoms with Crippen LogP contribution in [0, 0.1) is 11.6 Å². The molecule has 78 valence electrons. The lowest BCUT2D eigenvalue weighted by molar-refractivity contribution is 0.274. The van der Waals surface area contributed by atoms with Crippen LogP contribution in [0.2, 0.25) is 0 Å². The highest BCUT2D eigenvalue weighted by molar-refractivity contribution is 5.21. The molecule has 0 aliphatic carbocycles. The second kappa shape index (κ2) is 5.05. The summed E-state index contributed by atoms with van der Waals surface area (Å²) in [6, 6.07) is 3.51. The number of rotatable bonds is 4. The van der Waals surface area contributed by atoms with Gasteiger partial charge in [0.05, 0.1) is 0 Å². The first kappa shape index (κ1) is 11.1. The van der Waals surface area contributed by atoms with E-state index in [1.165, 1.54) is 12.1 Å². The highest BCUT2D eigenvalue weighted by Crippen LogP contribution is 2.24. The molecule has 0 heterocycles. The Morgan fingerprint density at radius 3 is 2.21 bits per heavy atom. The van der Waals surface area contributed by atoms with Gasteiger partial charge in [0.25, 0.3) is 0 Å². The Labute approximate surface area is 82.4 Å². The van der Waals surface area contributed by atoms with E-state index < -0.39 is 11.6 Å². The fourth-order valence-electron chi connectivity index (χ4n) is 1.57. The zero-order valence-corrected chi connectivity index (χ0v) is 8.13. The molecule has 0 aliphatic rings. The minimum absolute atomic E-state index is 0.0326. The Morgan fingerprint density at radius 1 is 1.21 bits per heavy atom. The predicted molar refractivity (Wildman–Crippen MR) is 51.1 cm³/mol. The number of hydrogen-bond donors (Lipinski definition) is 1. The molecule has 1 aromatic carbocycles. The third kappa shape index (κ3) is 2.77. The van der Waals surface area contributed by atoms with Crippen LogP contribution in [0.1, 0.15) is 31.2 Å². The van der Waals surface area contributed by atoms with E-state index in [2.05, 4.69) is 0 Å². The summed E-state index contributed by atoms with van der Waals surface area (Å²) in [6.45, 7) is 1.97. The number of hydrogen-bond acceptors (Lipinski definition) is 1. The smallest absolute Gasteiger partial charge is 0.126 e. The molecular formula is C11H14F2O. The van der Waals surface area contributed by atoms with Crippen LogP contribution in [0.15, 0.2) is 18.2 Å². The van der Waals surface area contributed by atoms with Crippen LogP contribution in [-0.4, -0.2) is 11.7 Å². The molecule has 1 nitrogen and oxygen atoms in total. The molecule has 3 heteroatoms. The van der Waals surface area contributed by atoms with Crippen molar-refractivity contribution in [3.05, 3.63) is 35.4 Å². The highest BCUT2D eigenvalue weighted by Gasteiger charge is 2.10. The molecule has 1 unspecified atom stereocenters. The van der Waals surface area contributed by atoms with Gasteiger partial charge in [-0.1, -0.05) is 6.92 Å². The zero-order valence-electron chi connectivity index (χ0n) is 8.13. The summed E-state index contributed by atoms with van der Waals surface area (Å²) < 4.78 is 25.7. The van der Waals surface area contributed by atoms with Crippen molar-refractivity contribution in [1.29, 1.82) is 0 Å². The molecule has 0 bridgehead atoms. The van der Waals surface area contributed by atoms with Gasteiger partial charge in [0.2, 0.25) is 0 Å². The molecule has 0 amide bonds. The number of benzene rings is 1. The van der Waals surface area contributed by atoms with Crippen LogP contribution < -0.4 is 0 Å². The maximum absolute atomic E-state index is 12.9. The second-order valence-corrected chi connectivity index (χ2v) is 3.32. The van der Waals surface area contributed by atoms with E-state index >= 15 is 0 Å². The monoisotopic (exact) mass is 200 g/mol. The summed E-state index contributed by atoms with van der Waals surface area (Å²) in [5, 5.41) is 8.78. The first-order valence-electron chi connectivity index (χ1n) is 4.74. The molecule has 0 aliphatic heterocycles. The summed E-state index contributed by atoms with van der Waals surface area (Å²) in [5.41, 5.74) is 0.624. The maximum atomic E-state index is 12.9. The van der Waals surface area contributed by atoms with E-state index in [1.807, 2.05) is 6.92 Å². The van der Waals surface area contributed by atoms with Gasteiger partial charge < -0.3 is 5.11 Å². The quantitative estimate of drug-likeness (QED) is 0.792. The average Bonchev–Trinajstić information content (AvgIpc) is 2.12. The van der Waals surface area contributed by atoms with Gasteiger partial charge in [0.15, 0.2) is 0 Å². The second-order valence-electron chi connectivity index (χ2n) is 3.32. The van der Waals surface area contributed by atoms with Crippen molar-refractivity contribution in [3.8, 4) is 0 Å². The lowest BCUT2D eigenvalue weighted by Gasteiger charge is -2.13. The summed E-state index contributed by atoms with van der Waals surface area (Å²) in [6.07, 6.45) is 1.31. The van der Waals surface area contributed by atoms with Crippen LogP contribution in [0.3, 0.4) is 0 Å². The molecular weight excluding hydrogens is 186 g/mol. The molecule has 1 rings (SSSR count). The van der Waals surface area contributed by atoms with Crippen LogP contribution in [0.25, 0.3) is 0 Å². The van der Waals surface area contributed by atoms with E-state index in [9.17, 15) is 8.78 Å². The van der Waals surface area contributed by atoms with Crippen LogP contribution in [-0.2, 0) is 0 Å². The van der Waals surface area contributed by atoms with Crippen molar-refractivity contribution in [2.45, 2.75) is 25.7 Å². The van der Waals surface area contributed by atoms with Gasteiger partial charge in [-0.15, -0.1) is 0 Å². The average molecular weight is 200 g/mol. The van der Waals surface area contributed by atoms with Gasteiger partial charge in [-0.3, -0.25) is 0 Å². The summed E-state index contributed by atoms with van der Waals surface area (Å²) in [7, 11) is 0. The van der Waals surface area contributed by atoms with E-state index in [0.717, 1.165) is 12.5 Å². The SMILES string of the molecule is CCC(CCO)c1cc(F)cc(F)c1. The van der Waals surface area contributed by atoms with Gasteiger partial charge in [-0.05, 0) is 36.5 Å². The van der Waals surface area contributed by atoms with Crippen molar-refractivity contribution >= 4 is 0 Å². The molecule has 1 aromatic rings. The molecule has 0 aromatic heterocycles. The molecule has 1 N–H and O–H groups in total. The zero-order chi connectivity index (χ0) is 10.6. The number of aliphatic hydroxyl groups excluding tert-OH is 1. The Hall–Kier alpha value is -0.960. The Kier molecular flexibility index (Phi) is 4.01. The van der Waals surface area contributed by atoms with Crippen molar-refractivity contribution in [1.82, 2.24) is 0 Å². The molecule has 0 radical (unpaired) electrons. The van der Waals surface area contributed by atoms with Crippen molar-refractivity contribution in [2.24, 2.45) is 0 Å². The molecule has 1 atom stereocenters. The summed E-state index contributed by atoms with van der Waals surface area (Å²) >= 11 is 0. The number of aliphatic hydroxyl groups is 1. The topological polar surface area (TPSA) is 20.2 Å². The van der Waals surface area contributed by atoms with Gasteiger partial charge in [0.1, 0.15) is 11.6 Å². The molecule has 0 saturated heterocycles. The fourth-order valence-corrected chi connectivity index (χ4v) is 1.57. The first-order valence-corrected chi connectivity index (χ1v) is 4.74. The van der Waals surface area contributed by atoms with Crippen LogP contribution in [0.4, 0.5) is 8.78 Å². The summed E-state index contributed by atoms with van der Waals surface area (Å²) in [5.74, 6) is -1.09. The number of halogens is 2. The molecule has 0 saturated carbocycles. The highest BCUT2D eigenvalue weighted by atomic mass is 19.1. The molecule has 14 heavy (non-hydrogen) atoms. The molecule has 0 spiro atoms. The van der Waals surface area contributed by atoms with Gasteiger partial charge in [-0.25, -0.2) is 8.78 Å². The largest absolute Gasteiger partial charge is 0.396 e. The fraction of sp³-hybridized carbons (Fsp3) is 0.455. The van der Waals surface area contributed by atoms with Gasteiger partial charge >= 0.3 is 0 Å². The summed E-state index contributed by atoms with van der Waals surface area (Å²) in [4.78, 5) is 0. The standard InChI is InChI=1S/C11H14F2O/c1-2-8(3-4-14)9-5-10(12)7-11(13)6-9/h5-8,14H,2-4H2,1H3. The third-order valence-electron chi connectivity index (χ3n) is 2.33. The van der Waals surface area contributed by atoms with Crippen LogP contribution in [0.5, 0.6) is 0 Å². The minimum Gasteiger partial charge on any atom is -0.396 e. The van der Waals surface area contributed by atoms with Crippen molar-refractivity contribution < 1.29 is 13.9 Å². The predicted octanol–water partition coefficient (Wildman–Crippen LogP) is 2.84. The Morgan fingerprint density at radius 2 is 1.79 bits per heavy atom. The lowest BCUT2D eigenvalue weighted by Crippen LogP contribution is -2.01. The van der Waals surface area contributed by atoms with E-state index in [0.29, 0.717) is 12.0 Å². The lowest BCUT2D eigenvalue weighted by atomic mass is 9.93. The van der Waals surface area contributed by atoms with E-state index in [4.69, 9.17) is 5.11 Å². The Bertz CT molecular complexity index is 279. The Balaban J connectivity index is 2.91. The maximum Gasteiger partial charge on any atom is 0.126 e. The normalized spacial score (nSPS) is 12.9.